The minimum absolute atomic E-state index is 0.0699. The number of hydrogen-bond acceptors (Lipinski definition) is 3. The molecule has 1 heterocycles. The SMILES string of the molecule is CC1(C)CC(=O)C2=C(C1)O[C@@H](C(=O)c1ccccc1)[C@@H]2c1ccccc1. The minimum Gasteiger partial charge on any atom is -0.485 e. The van der Waals surface area contributed by atoms with Crippen LogP contribution in [0.15, 0.2) is 72.0 Å². The summed E-state index contributed by atoms with van der Waals surface area (Å²) < 4.78 is 6.16. The first-order chi connectivity index (χ1) is 12.5. The molecule has 1 aliphatic carbocycles. The van der Waals surface area contributed by atoms with Gasteiger partial charge in [-0.2, -0.15) is 0 Å². The monoisotopic (exact) mass is 346 g/mol. The molecule has 0 amide bonds. The van der Waals surface area contributed by atoms with Crippen LogP contribution < -0.4 is 0 Å². The largest absolute Gasteiger partial charge is 0.485 e. The van der Waals surface area contributed by atoms with Crippen LogP contribution in [0.2, 0.25) is 0 Å². The molecule has 0 radical (unpaired) electrons. The molecule has 0 bridgehead atoms. The van der Waals surface area contributed by atoms with Crippen molar-refractivity contribution in [1.82, 2.24) is 0 Å². The summed E-state index contributed by atoms with van der Waals surface area (Å²) >= 11 is 0. The third-order valence-electron chi connectivity index (χ3n) is 5.24. The standard InChI is InChI=1S/C23H22O3/c1-23(2)13-17(24)20-18(14-23)26-22(19(20)15-9-5-3-6-10-15)21(25)16-11-7-4-8-12-16/h3-12,19,22H,13-14H2,1-2H3/t19-,22-/m1/s1. The molecule has 3 nitrogen and oxygen atoms in total. The zero-order valence-corrected chi connectivity index (χ0v) is 15.1. The fourth-order valence-corrected chi connectivity index (χ4v) is 4.08. The van der Waals surface area contributed by atoms with E-state index in [1.54, 1.807) is 12.1 Å². The second-order valence-corrected chi connectivity index (χ2v) is 7.93. The number of Topliss-reactive ketones (excluding diaryl/α,β-unsaturated/α-hetero) is 2. The number of rotatable bonds is 3. The van der Waals surface area contributed by atoms with Gasteiger partial charge in [-0.1, -0.05) is 74.5 Å². The van der Waals surface area contributed by atoms with Gasteiger partial charge in [-0.3, -0.25) is 9.59 Å². The summed E-state index contributed by atoms with van der Waals surface area (Å²) in [6.07, 6.45) is 0.503. The number of carbonyl (C=O) groups excluding carboxylic acids is 2. The van der Waals surface area contributed by atoms with Crippen molar-refractivity contribution in [3.63, 3.8) is 0 Å². The van der Waals surface area contributed by atoms with E-state index in [1.807, 2.05) is 48.5 Å². The normalized spacial score (nSPS) is 24.2. The Kier molecular flexibility index (Phi) is 4.03. The van der Waals surface area contributed by atoms with Gasteiger partial charge in [0.1, 0.15) is 5.76 Å². The fourth-order valence-electron chi connectivity index (χ4n) is 4.08. The molecule has 2 aliphatic rings. The summed E-state index contributed by atoms with van der Waals surface area (Å²) in [6.45, 7) is 4.14. The van der Waals surface area contributed by atoms with Crippen LogP contribution in [0, 0.1) is 5.41 Å². The number of ketones is 2. The molecule has 0 saturated carbocycles. The Morgan fingerprint density at radius 1 is 0.962 bits per heavy atom. The van der Waals surface area contributed by atoms with Gasteiger partial charge in [0.15, 0.2) is 11.9 Å². The lowest BCUT2D eigenvalue weighted by atomic mass is 9.72. The molecule has 0 unspecified atom stereocenters. The maximum atomic E-state index is 13.2. The molecule has 1 aliphatic heterocycles. The van der Waals surface area contributed by atoms with E-state index < -0.39 is 6.10 Å². The van der Waals surface area contributed by atoms with Crippen LogP contribution in [0.25, 0.3) is 0 Å². The predicted molar refractivity (Wildman–Crippen MR) is 99.9 cm³/mol. The van der Waals surface area contributed by atoms with Crippen molar-refractivity contribution >= 4 is 11.6 Å². The quantitative estimate of drug-likeness (QED) is 0.757. The van der Waals surface area contributed by atoms with Crippen molar-refractivity contribution < 1.29 is 14.3 Å². The van der Waals surface area contributed by atoms with E-state index in [4.69, 9.17) is 4.74 Å². The molecule has 0 fully saturated rings. The number of ether oxygens (including phenoxy) is 1. The van der Waals surface area contributed by atoms with Gasteiger partial charge in [0.05, 0.1) is 5.92 Å². The van der Waals surface area contributed by atoms with Crippen LogP contribution in [-0.4, -0.2) is 17.7 Å². The zero-order chi connectivity index (χ0) is 18.3. The third-order valence-corrected chi connectivity index (χ3v) is 5.24. The Bertz CT molecular complexity index is 878. The second kappa shape index (κ2) is 6.24. The summed E-state index contributed by atoms with van der Waals surface area (Å²) in [5.41, 5.74) is 2.14. The van der Waals surface area contributed by atoms with Crippen molar-refractivity contribution in [2.75, 3.05) is 0 Å². The summed E-state index contributed by atoms with van der Waals surface area (Å²) in [5.74, 6) is 0.407. The summed E-state index contributed by atoms with van der Waals surface area (Å²) in [4.78, 5) is 26.1. The average Bonchev–Trinajstić information content (AvgIpc) is 3.01. The summed E-state index contributed by atoms with van der Waals surface area (Å²) in [5, 5.41) is 0. The average molecular weight is 346 g/mol. The molecule has 4 rings (SSSR count). The first kappa shape index (κ1) is 16.8. The third kappa shape index (κ3) is 2.88. The first-order valence-electron chi connectivity index (χ1n) is 9.03. The van der Waals surface area contributed by atoms with E-state index in [1.165, 1.54) is 0 Å². The van der Waals surface area contributed by atoms with Crippen LogP contribution >= 0.6 is 0 Å². The van der Waals surface area contributed by atoms with E-state index in [0.29, 0.717) is 29.7 Å². The number of benzene rings is 2. The van der Waals surface area contributed by atoms with Gasteiger partial charge >= 0.3 is 0 Å². The highest BCUT2D eigenvalue weighted by Gasteiger charge is 2.48. The summed E-state index contributed by atoms with van der Waals surface area (Å²) in [6, 6.07) is 19.0. The molecular formula is C23H22O3. The van der Waals surface area contributed by atoms with E-state index in [9.17, 15) is 9.59 Å². The highest BCUT2D eigenvalue weighted by Crippen LogP contribution is 2.49. The Labute approximate surface area is 153 Å². The van der Waals surface area contributed by atoms with Crippen molar-refractivity contribution in [3.8, 4) is 0 Å². The number of hydrogen-bond donors (Lipinski definition) is 0. The molecule has 2 aromatic carbocycles. The van der Waals surface area contributed by atoms with Crippen molar-refractivity contribution in [2.45, 2.75) is 38.7 Å². The van der Waals surface area contributed by atoms with Crippen LogP contribution in [0.5, 0.6) is 0 Å². The van der Waals surface area contributed by atoms with E-state index in [-0.39, 0.29) is 22.9 Å². The zero-order valence-electron chi connectivity index (χ0n) is 15.1. The van der Waals surface area contributed by atoms with E-state index >= 15 is 0 Å². The Hall–Kier alpha value is -2.68. The second-order valence-electron chi connectivity index (χ2n) is 7.93. The molecular weight excluding hydrogens is 324 g/mol. The highest BCUT2D eigenvalue weighted by atomic mass is 16.5. The molecule has 3 heteroatoms. The van der Waals surface area contributed by atoms with Crippen molar-refractivity contribution in [1.29, 1.82) is 0 Å². The Morgan fingerprint density at radius 2 is 1.58 bits per heavy atom. The van der Waals surface area contributed by atoms with Gasteiger partial charge < -0.3 is 4.74 Å². The number of allylic oxidation sites excluding steroid dienone is 1. The topological polar surface area (TPSA) is 43.4 Å². The van der Waals surface area contributed by atoms with Crippen LogP contribution in [-0.2, 0) is 9.53 Å². The highest BCUT2D eigenvalue weighted by molar-refractivity contribution is 6.05. The molecule has 2 aromatic rings. The maximum Gasteiger partial charge on any atom is 0.204 e. The maximum absolute atomic E-state index is 13.2. The smallest absolute Gasteiger partial charge is 0.204 e. The first-order valence-corrected chi connectivity index (χ1v) is 9.03. The van der Waals surface area contributed by atoms with Gasteiger partial charge in [0.25, 0.3) is 0 Å². The molecule has 132 valence electrons. The van der Waals surface area contributed by atoms with Gasteiger partial charge in [0, 0.05) is 24.0 Å². The Balaban J connectivity index is 1.79. The molecule has 0 saturated heterocycles. The lowest BCUT2D eigenvalue weighted by molar-refractivity contribution is -0.118. The molecule has 0 spiro atoms. The van der Waals surface area contributed by atoms with Crippen molar-refractivity contribution in [3.05, 3.63) is 83.1 Å². The molecule has 2 atom stereocenters. The molecule has 0 N–H and O–H groups in total. The van der Waals surface area contributed by atoms with E-state index in [2.05, 4.69) is 13.8 Å². The minimum atomic E-state index is -0.678. The lowest BCUT2D eigenvalue weighted by Crippen LogP contribution is -2.29. The Morgan fingerprint density at radius 3 is 2.23 bits per heavy atom. The number of carbonyl (C=O) groups is 2. The molecule has 0 aromatic heterocycles. The van der Waals surface area contributed by atoms with Gasteiger partial charge in [-0.25, -0.2) is 0 Å². The van der Waals surface area contributed by atoms with Gasteiger partial charge in [0.2, 0.25) is 5.78 Å². The predicted octanol–water partition coefficient (Wildman–Crippen LogP) is 4.70. The summed E-state index contributed by atoms with van der Waals surface area (Å²) in [7, 11) is 0. The molecule has 26 heavy (non-hydrogen) atoms. The van der Waals surface area contributed by atoms with Crippen LogP contribution in [0.3, 0.4) is 0 Å². The van der Waals surface area contributed by atoms with E-state index in [0.717, 1.165) is 5.56 Å². The van der Waals surface area contributed by atoms with Crippen LogP contribution in [0.4, 0.5) is 0 Å². The van der Waals surface area contributed by atoms with Gasteiger partial charge in [-0.15, -0.1) is 0 Å². The lowest BCUT2D eigenvalue weighted by Gasteiger charge is -2.29. The van der Waals surface area contributed by atoms with Crippen molar-refractivity contribution in [2.24, 2.45) is 5.41 Å². The fraction of sp³-hybridized carbons (Fsp3) is 0.304. The van der Waals surface area contributed by atoms with Crippen LogP contribution in [0.1, 0.15) is 48.5 Å². The van der Waals surface area contributed by atoms with Gasteiger partial charge in [-0.05, 0) is 11.0 Å².